The molecular formula is C18H33ClN2O2. The van der Waals surface area contributed by atoms with Gasteiger partial charge in [-0.25, -0.2) is 0 Å². The lowest BCUT2D eigenvalue weighted by atomic mass is 9.55. The van der Waals surface area contributed by atoms with E-state index < -0.39 is 0 Å². The third-order valence-corrected chi connectivity index (χ3v) is 6.55. The predicted octanol–water partition coefficient (Wildman–Crippen LogP) is 3.03. The van der Waals surface area contributed by atoms with Gasteiger partial charge in [0.25, 0.3) is 0 Å². The SMILES string of the molecule is CCOC1CC(NC(=O)[C@@H]2CCC[C@@H]2CN)C12CCCCC2.Cl. The van der Waals surface area contributed by atoms with Crippen LogP contribution >= 0.6 is 12.4 Å². The van der Waals surface area contributed by atoms with Crippen LogP contribution in [0.1, 0.15) is 64.7 Å². The topological polar surface area (TPSA) is 64.3 Å². The Hall–Kier alpha value is -0.320. The van der Waals surface area contributed by atoms with Gasteiger partial charge in [0, 0.05) is 24.0 Å². The molecule has 0 bridgehead atoms. The smallest absolute Gasteiger partial charge is 0.223 e. The first kappa shape index (κ1) is 19.0. The molecule has 3 aliphatic rings. The van der Waals surface area contributed by atoms with Crippen LogP contribution in [0.5, 0.6) is 0 Å². The second-order valence-corrected chi connectivity index (χ2v) is 7.57. The van der Waals surface area contributed by atoms with Gasteiger partial charge in [0.05, 0.1) is 6.10 Å². The number of rotatable bonds is 5. The summed E-state index contributed by atoms with van der Waals surface area (Å²) < 4.78 is 5.98. The highest BCUT2D eigenvalue weighted by atomic mass is 35.5. The Balaban J connectivity index is 0.00000192. The van der Waals surface area contributed by atoms with E-state index in [-0.39, 0.29) is 29.6 Å². The number of hydrogen-bond donors (Lipinski definition) is 2. The monoisotopic (exact) mass is 344 g/mol. The van der Waals surface area contributed by atoms with Crippen molar-refractivity contribution < 1.29 is 9.53 Å². The molecule has 4 atom stereocenters. The number of carbonyl (C=O) groups is 1. The molecule has 134 valence electrons. The summed E-state index contributed by atoms with van der Waals surface area (Å²) in [4.78, 5) is 12.7. The van der Waals surface area contributed by atoms with E-state index in [2.05, 4.69) is 12.2 Å². The molecule has 0 saturated heterocycles. The van der Waals surface area contributed by atoms with Crippen molar-refractivity contribution in [3.8, 4) is 0 Å². The molecule has 23 heavy (non-hydrogen) atoms. The predicted molar refractivity (Wildman–Crippen MR) is 94.6 cm³/mol. The van der Waals surface area contributed by atoms with Crippen molar-refractivity contribution in [2.45, 2.75) is 76.9 Å². The minimum atomic E-state index is 0. The minimum Gasteiger partial charge on any atom is -0.378 e. The van der Waals surface area contributed by atoms with Crippen LogP contribution in [0, 0.1) is 17.3 Å². The van der Waals surface area contributed by atoms with E-state index in [9.17, 15) is 4.79 Å². The van der Waals surface area contributed by atoms with Gasteiger partial charge in [0.1, 0.15) is 0 Å². The van der Waals surface area contributed by atoms with Crippen molar-refractivity contribution in [3.05, 3.63) is 0 Å². The summed E-state index contributed by atoms with van der Waals surface area (Å²) in [6.45, 7) is 3.51. The molecule has 1 amide bonds. The van der Waals surface area contributed by atoms with Gasteiger partial charge in [-0.1, -0.05) is 25.7 Å². The summed E-state index contributed by atoms with van der Waals surface area (Å²) in [6.07, 6.45) is 11.0. The highest BCUT2D eigenvalue weighted by molar-refractivity contribution is 5.85. The van der Waals surface area contributed by atoms with E-state index in [0.29, 0.717) is 24.6 Å². The normalized spacial score (nSPS) is 35.4. The lowest BCUT2D eigenvalue weighted by Crippen LogP contribution is -2.66. The van der Waals surface area contributed by atoms with Gasteiger partial charge in [0.15, 0.2) is 0 Å². The third-order valence-electron chi connectivity index (χ3n) is 6.55. The highest BCUT2D eigenvalue weighted by Crippen LogP contribution is 2.53. The number of nitrogens with two attached hydrogens (primary N) is 1. The van der Waals surface area contributed by atoms with E-state index in [1.807, 2.05) is 0 Å². The van der Waals surface area contributed by atoms with Gasteiger partial charge in [-0.3, -0.25) is 4.79 Å². The molecule has 3 N–H and O–H groups in total. The van der Waals surface area contributed by atoms with Crippen molar-refractivity contribution in [1.29, 1.82) is 0 Å². The van der Waals surface area contributed by atoms with Crippen molar-refractivity contribution >= 4 is 18.3 Å². The molecule has 1 spiro atoms. The van der Waals surface area contributed by atoms with Gasteiger partial charge >= 0.3 is 0 Å². The highest BCUT2D eigenvalue weighted by Gasteiger charge is 2.56. The molecule has 3 rings (SSSR count). The Morgan fingerprint density at radius 3 is 2.61 bits per heavy atom. The third kappa shape index (κ3) is 3.54. The van der Waals surface area contributed by atoms with Gasteiger partial charge in [-0.15, -0.1) is 12.4 Å². The van der Waals surface area contributed by atoms with Crippen LogP contribution in [0.25, 0.3) is 0 Å². The molecule has 3 saturated carbocycles. The van der Waals surface area contributed by atoms with E-state index in [4.69, 9.17) is 10.5 Å². The fourth-order valence-electron chi connectivity index (χ4n) is 5.21. The van der Waals surface area contributed by atoms with Gasteiger partial charge in [0.2, 0.25) is 5.91 Å². The second kappa shape index (κ2) is 8.17. The van der Waals surface area contributed by atoms with Gasteiger partial charge < -0.3 is 15.8 Å². The zero-order chi connectivity index (χ0) is 15.6. The lowest BCUT2D eigenvalue weighted by Gasteiger charge is -2.57. The van der Waals surface area contributed by atoms with Crippen LogP contribution in [0.15, 0.2) is 0 Å². The Morgan fingerprint density at radius 2 is 1.96 bits per heavy atom. The summed E-state index contributed by atoms with van der Waals surface area (Å²) in [6, 6.07) is 0.330. The summed E-state index contributed by atoms with van der Waals surface area (Å²) in [5, 5.41) is 3.40. The zero-order valence-corrected chi connectivity index (χ0v) is 15.2. The van der Waals surface area contributed by atoms with Crippen LogP contribution in [0.2, 0.25) is 0 Å². The van der Waals surface area contributed by atoms with Gasteiger partial charge in [-0.05, 0) is 51.5 Å². The number of hydrogen-bond acceptors (Lipinski definition) is 3. The molecule has 0 aromatic carbocycles. The zero-order valence-electron chi connectivity index (χ0n) is 14.4. The molecule has 0 heterocycles. The summed E-state index contributed by atoms with van der Waals surface area (Å²) in [5.41, 5.74) is 6.06. The maximum Gasteiger partial charge on any atom is 0.223 e. The fraction of sp³-hybridized carbons (Fsp3) is 0.944. The molecule has 0 radical (unpaired) electrons. The van der Waals surface area contributed by atoms with E-state index in [0.717, 1.165) is 32.3 Å². The van der Waals surface area contributed by atoms with Crippen LogP contribution in [-0.2, 0) is 9.53 Å². The fourth-order valence-corrected chi connectivity index (χ4v) is 5.21. The molecular weight excluding hydrogens is 312 g/mol. The Kier molecular flexibility index (Phi) is 6.76. The molecule has 0 aromatic heterocycles. The minimum absolute atomic E-state index is 0. The van der Waals surface area contributed by atoms with Crippen LogP contribution < -0.4 is 11.1 Å². The number of nitrogens with one attached hydrogen (secondary N) is 1. The van der Waals surface area contributed by atoms with E-state index in [1.165, 1.54) is 32.1 Å². The first-order valence-electron chi connectivity index (χ1n) is 9.33. The molecule has 3 fully saturated rings. The first-order chi connectivity index (χ1) is 10.7. The average Bonchev–Trinajstić information content (AvgIpc) is 3.03. The quantitative estimate of drug-likeness (QED) is 0.805. The van der Waals surface area contributed by atoms with Crippen molar-refractivity contribution in [2.75, 3.05) is 13.2 Å². The van der Waals surface area contributed by atoms with E-state index in [1.54, 1.807) is 0 Å². The maximum atomic E-state index is 12.7. The standard InChI is InChI=1S/C18H32N2O2.ClH/c1-2-22-16-11-15(18(16)9-4-3-5-10-18)20-17(21)14-8-6-7-13(14)12-19;/h13-16H,2-12,19H2,1H3,(H,20,21);1H/t13-,14-,15?,16?;/m1./s1. The van der Waals surface area contributed by atoms with Crippen molar-refractivity contribution in [3.63, 3.8) is 0 Å². The molecule has 3 aliphatic carbocycles. The van der Waals surface area contributed by atoms with Crippen molar-refractivity contribution in [1.82, 2.24) is 5.32 Å². The summed E-state index contributed by atoms with van der Waals surface area (Å²) in [5.74, 6) is 0.805. The Labute approximate surface area is 146 Å². The van der Waals surface area contributed by atoms with Gasteiger partial charge in [-0.2, -0.15) is 0 Å². The number of carbonyl (C=O) groups excluding carboxylic acids is 1. The molecule has 2 unspecified atom stereocenters. The second-order valence-electron chi connectivity index (χ2n) is 7.57. The number of amides is 1. The lowest BCUT2D eigenvalue weighted by molar-refractivity contribution is -0.158. The Morgan fingerprint density at radius 1 is 1.22 bits per heavy atom. The molecule has 4 nitrogen and oxygen atoms in total. The maximum absolute atomic E-state index is 12.7. The molecule has 0 aliphatic heterocycles. The molecule has 5 heteroatoms. The summed E-state index contributed by atoms with van der Waals surface area (Å²) in [7, 11) is 0. The Bertz CT molecular complexity index is 398. The number of ether oxygens (including phenoxy) is 1. The first-order valence-corrected chi connectivity index (χ1v) is 9.33. The largest absolute Gasteiger partial charge is 0.378 e. The van der Waals surface area contributed by atoms with Crippen LogP contribution in [0.4, 0.5) is 0 Å². The molecule has 0 aromatic rings. The van der Waals surface area contributed by atoms with Crippen LogP contribution in [-0.4, -0.2) is 31.2 Å². The summed E-state index contributed by atoms with van der Waals surface area (Å²) >= 11 is 0. The van der Waals surface area contributed by atoms with Crippen molar-refractivity contribution in [2.24, 2.45) is 23.0 Å². The van der Waals surface area contributed by atoms with Crippen LogP contribution in [0.3, 0.4) is 0 Å². The average molecular weight is 345 g/mol. The van der Waals surface area contributed by atoms with E-state index >= 15 is 0 Å². The number of halogens is 1.